The number of hydrogen-bond acceptors (Lipinski definition) is 5. The van der Waals surface area contributed by atoms with E-state index in [0.29, 0.717) is 0 Å². The Hall–Kier alpha value is -1.54. The molecular weight excluding hydrogens is 235 g/mol. The van der Waals surface area contributed by atoms with E-state index in [0.717, 1.165) is 9.48 Å². The van der Waals surface area contributed by atoms with Gasteiger partial charge in [-0.05, 0) is 0 Å². The molecule has 0 aromatic heterocycles. The van der Waals surface area contributed by atoms with Gasteiger partial charge in [-0.15, -0.1) is 9.48 Å². The molecule has 94 valence electrons. The number of amides is 3. The van der Waals surface area contributed by atoms with Crippen LogP contribution in [0.1, 0.15) is 0 Å². The molecule has 0 aliphatic carbocycles. The first-order valence-corrected chi connectivity index (χ1v) is 5.12. The molecule has 1 saturated heterocycles. The molecule has 0 aromatic carbocycles. The van der Waals surface area contributed by atoms with Crippen LogP contribution in [0.25, 0.3) is 0 Å². The Balaban J connectivity index is 1.89. The summed E-state index contributed by atoms with van der Waals surface area (Å²) in [5.41, 5.74) is 0. The van der Waals surface area contributed by atoms with E-state index in [9.17, 15) is 14.0 Å². The van der Waals surface area contributed by atoms with E-state index >= 15 is 0 Å². The molecule has 0 spiro atoms. The SMILES string of the molecule is O=C1C(F)C(OCCOCCO)=[N+]2CN1C2=O. The van der Waals surface area contributed by atoms with E-state index in [1.54, 1.807) is 0 Å². The maximum Gasteiger partial charge on any atom is 0.510 e. The van der Waals surface area contributed by atoms with Crippen LogP contribution in [0, 0.1) is 0 Å². The average molecular weight is 247 g/mol. The van der Waals surface area contributed by atoms with Crippen molar-refractivity contribution < 1.29 is 33.1 Å². The normalized spacial score (nSPS) is 22.9. The number of urea groups is 1. The molecule has 3 heterocycles. The minimum absolute atomic E-state index is 0.0206. The van der Waals surface area contributed by atoms with Crippen LogP contribution in [0.2, 0.25) is 0 Å². The van der Waals surface area contributed by atoms with E-state index in [-0.39, 0.29) is 39.0 Å². The summed E-state index contributed by atoms with van der Waals surface area (Å²) in [5, 5.41) is 8.44. The van der Waals surface area contributed by atoms with E-state index in [1.807, 2.05) is 0 Å². The van der Waals surface area contributed by atoms with Crippen molar-refractivity contribution in [1.82, 2.24) is 4.90 Å². The van der Waals surface area contributed by atoms with Crippen LogP contribution in [0.5, 0.6) is 0 Å². The van der Waals surface area contributed by atoms with Gasteiger partial charge in [0.15, 0.2) is 0 Å². The van der Waals surface area contributed by atoms with Crippen LogP contribution >= 0.6 is 0 Å². The minimum atomic E-state index is -1.92. The van der Waals surface area contributed by atoms with Crippen LogP contribution in [0.4, 0.5) is 9.18 Å². The minimum Gasteiger partial charge on any atom is -0.460 e. The van der Waals surface area contributed by atoms with Gasteiger partial charge >= 0.3 is 17.8 Å². The Bertz CT molecular complexity index is 384. The zero-order chi connectivity index (χ0) is 12.4. The monoisotopic (exact) mass is 247 g/mol. The van der Waals surface area contributed by atoms with Crippen molar-refractivity contribution in [3.05, 3.63) is 0 Å². The number of aliphatic hydroxyl groups is 1. The van der Waals surface area contributed by atoms with Gasteiger partial charge in [0.1, 0.15) is 6.61 Å². The lowest BCUT2D eigenvalue weighted by Crippen LogP contribution is -2.68. The first-order valence-electron chi connectivity index (χ1n) is 5.12. The molecule has 0 radical (unpaired) electrons. The number of rotatable bonds is 5. The zero-order valence-electron chi connectivity index (χ0n) is 8.97. The molecule has 17 heavy (non-hydrogen) atoms. The van der Waals surface area contributed by atoms with Gasteiger partial charge in [0.2, 0.25) is 6.67 Å². The fourth-order valence-corrected chi connectivity index (χ4v) is 1.56. The topological polar surface area (TPSA) is 79.1 Å². The number of halogens is 1. The van der Waals surface area contributed by atoms with Gasteiger partial charge in [0, 0.05) is 0 Å². The molecule has 3 amide bonds. The molecule has 1 unspecified atom stereocenters. The van der Waals surface area contributed by atoms with Crippen molar-refractivity contribution in [3.8, 4) is 0 Å². The Morgan fingerprint density at radius 1 is 1.41 bits per heavy atom. The summed E-state index contributed by atoms with van der Waals surface area (Å²) >= 11 is 0. The predicted octanol–water partition coefficient (Wildman–Crippen LogP) is -1.31. The van der Waals surface area contributed by atoms with Gasteiger partial charge in [-0.25, -0.2) is 9.18 Å². The van der Waals surface area contributed by atoms with E-state index in [2.05, 4.69) is 0 Å². The van der Waals surface area contributed by atoms with Crippen LogP contribution in [-0.4, -0.2) is 71.7 Å². The second-order valence-electron chi connectivity index (χ2n) is 3.50. The van der Waals surface area contributed by atoms with Gasteiger partial charge in [0.25, 0.3) is 6.17 Å². The van der Waals surface area contributed by atoms with E-state index in [4.69, 9.17) is 14.6 Å². The number of nitrogens with zero attached hydrogens (tertiary/aromatic N) is 2. The van der Waals surface area contributed by atoms with Gasteiger partial charge in [0.05, 0.1) is 19.8 Å². The number of alkyl halides is 1. The summed E-state index contributed by atoms with van der Waals surface area (Å²) in [7, 11) is 0. The highest BCUT2D eigenvalue weighted by Gasteiger charge is 2.59. The van der Waals surface area contributed by atoms with Crippen molar-refractivity contribution in [2.75, 3.05) is 33.1 Å². The number of imide groups is 1. The first kappa shape index (κ1) is 11.9. The second kappa shape index (κ2) is 4.76. The highest BCUT2D eigenvalue weighted by Crippen LogP contribution is 2.19. The van der Waals surface area contributed by atoms with Crippen LogP contribution in [0.3, 0.4) is 0 Å². The number of aliphatic hydroxyl groups excluding tert-OH is 1. The zero-order valence-corrected chi connectivity index (χ0v) is 8.97. The summed E-state index contributed by atoms with van der Waals surface area (Å²) in [6, 6.07) is -0.560. The summed E-state index contributed by atoms with van der Waals surface area (Å²) in [6.45, 7) is 0.266. The van der Waals surface area contributed by atoms with Crippen molar-refractivity contribution in [2.45, 2.75) is 6.17 Å². The molecule has 1 N–H and O–H groups in total. The van der Waals surface area contributed by atoms with Gasteiger partial charge < -0.3 is 14.6 Å². The van der Waals surface area contributed by atoms with Crippen molar-refractivity contribution >= 4 is 17.8 Å². The molecule has 2 bridgehead atoms. The molecule has 3 aliphatic heterocycles. The molecule has 1 atom stereocenters. The van der Waals surface area contributed by atoms with Crippen LogP contribution in [-0.2, 0) is 14.3 Å². The molecule has 7 nitrogen and oxygen atoms in total. The van der Waals surface area contributed by atoms with Crippen LogP contribution in [0.15, 0.2) is 0 Å². The molecule has 8 heteroatoms. The lowest BCUT2D eigenvalue weighted by atomic mass is 10.2. The smallest absolute Gasteiger partial charge is 0.460 e. The van der Waals surface area contributed by atoms with Gasteiger partial charge in [-0.2, -0.15) is 4.79 Å². The maximum atomic E-state index is 13.4. The van der Waals surface area contributed by atoms with E-state index in [1.165, 1.54) is 0 Å². The molecule has 3 aliphatic rings. The van der Waals surface area contributed by atoms with Gasteiger partial charge in [-0.1, -0.05) is 0 Å². The molecule has 0 saturated carbocycles. The fraction of sp³-hybridized carbons (Fsp3) is 0.667. The van der Waals surface area contributed by atoms with Crippen molar-refractivity contribution in [1.29, 1.82) is 0 Å². The van der Waals surface area contributed by atoms with E-state index < -0.39 is 18.1 Å². The van der Waals surface area contributed by atoms with Crippen LogP contribution < -0.4 is 0 Å². The summed E-state index contributed by atoms with van der Waals surface area (Å²) in [4.78, 5) is 23.3. The average Bonchev–Trinajstić information content (AvgIpc) is 2.32. The quantitative estimate of drug-likeness (QED) is 0.482. The highest BCUT2D eigenvalue weighted by atomic mass is 19.1. The Morgan fingerprint density at radius 3 is 2.82 bits per heavy atom. The third kappa shape index (κ3) is 2.01. The third-order valence-corrected chi connectivity index (χ3v) is 2.42. The molecule has 1 fully saturated rings. The number of fused-ring (bicyclic) bond motifs is 2. The lowest BCUT2D eigenvalue weighted by molar-refractivity contribution is -0.526. The summed E-state index contributed by atoms with van der Waals surface area (Å²) < 4.78 is 24.4. The Kier molecular flexibility index (Phi) is 3.34. The lowest BCUT2D eigenvalue weighted by Gasteiger charge is -2.30. The second-order valence-corrected chi connectivity index (χ2v) is 3.50. The largest absolute Gasteiger partial charge is 0.510 e. The molecular formula is C9H12FN2O5+. The number of hydrogen-bond donors (Lipinski definition) is 1. The fourth-order valence-electron chi connectivity index (χ4n) is 1.56. The van der Waals surface area contributed by atoms with Crippen molar-refractivity contribution in [3.63, 3.8) is 0 Å². The molecule has 3 rings (SSSR count). The molecule has 0 aromatic rings. The van der Waals surface area contributed by atoms with Crippen molar-refractivity contribution in [2.24, 2.45) is 0 Å². The third-order valence-electron chi connectivity index (χ3n) is 2.42. The Labute approximate surface area is 96.0 Å². The highest BCUT2D eigenvalue weighted by molar-refractivity contribution is 6.12. The summed E-state index contributed by atoms with van der Waals surface area (Å²) in [6.07, 6.45) is -1.92. The van der Waals surface area contributed by atoms with Gasteiger partial charge in [-0.3, -0.25) is 0 Å². The predicted molar refractivity (Wildman–Crippen MR) is 51.1 cm³/mol. The Morgan fingerprint density at radius 2 is 2.18 bits per heavy atom. The number of carbonyl (C=O) groups excluding carboxylic acids is 2. The summed E-state index contributed by atoms with van der Waals surface area (Å²) in [5.74, 6) is -1.15. The first-order chi connectivity index (χ1) is 8.16. The number of carbonyl (C=O) groups is 2. The number of ether oxygens (including phenoxy) is 2. The maximum absolute atomic E-state index is 13.4. The standard InChI is InChI=1S/C9H12FN2O5/c10-6-7(14)11-5-12(9(11)15)8(6)17-4-3-16-2-1-13/h6,13H,1-5H2/q+1.